The summed E-state index contributed by atoms with van der Waals surface area (Å²) in [5.41, 5.74) is 5.59. The van der Waals surface area contributed by atoms with Crippen LogP contribution >= 0.6 is 28.3 Å². The zero-order valence-electron chi connectivity index (χ0n) is 5.60. The van der Waals surface area contributed by atoms with E-state index >= 15 is 0 Å². The monoisotopic (exact) mass is 227 g/mol. The van der Waals surface area contributed by atoms with Gasteiger partial charge < -0.3 is 10.5 Å². The van der Waals surface area contributed by atoms with Crippen molar-refractivity contribution in [1.29, 1.82) is 0 Å². The lowest BCUT2D eigenvalue weighted by molar-refractivity contribution is 0.0138. The maximum Gasteiger partial charge on any atom is 0.0833 e. The smallest absolute Gasteiger partial charge is 0.0833 e. The standard InChI is InChI=1S/C6H10BrNO.ClH/c7-5-1-6(2-5,3-8)9-4-5;/h1-4,8H2;1H. The first-order chi connectivity index (χ1) is 4.18. The van der Waals surface area contributed by atoms with Crippen molar-refractivity contribution in [2.24, 2.45) is 5.73 Å². The fraction of sp³-hybridized carbons (Fsp3) is 1.00. The highest BCUT2D eigenvalue weighted by Gasteiger charge is 2.60. The molecule has 0 aromatic rings. The first kappa shape index (κ1) is 8.78. The molecule has 0 radical (unpaired) electrons. The number of hydrogen-bond acceptors (Lipinski definition) is 2. The number of alkyl halides is 1. The molecule has 3 aliphatic rings. The van der Waals surface area contributed by atoms with Gasteiger partial charge in [0.15, 0.2) is 0 Å². The SMILES string of the molecule is Cl.NCC12CC(Br)(CO1)C2. The van der Waals surface area contributed by atoms with E-state index in [2.05, 4.69) is 15.9 Å². The third kappa shape index (κ3) is 0.998. The van der Waals surface area contributed by atoms with Crippen molar-refractivity contribution < 1.29 is 4.74 Å². The van der Waals surface area contributed by atoms with Crippen molar-refractivity contribution >= 4 is 28.3 Å². The third-order valence-electron chi connectivity index (χ3n) is 2.29. The van der Waals surface area contributed by atoms with E-state index in [1.807, 2.05) is 0 Å². The van der Waals surface area contributed by atoms with E-state index in [4.69, 9.17) is 10.5 Å². The Morgan fingerprint density at radius 1 is 1.50 bits per heavy atom. The number of nitrogens with two attached hydrogens (primary N) is 1. The Hall–Kier alpha value is 0.690. The Balaban J connectivity index is 0.000000500. The van der Waals surface area contributed by atoms with Crippen LogP contribution in [0.1, 0.15) is 12.8 Å². The van der Waals surface area contributed by atoms with Crippen LogP contribution in [0.25, 0.3) is 0 Å². The average Bonchev–Trinajstić information content (AvgIpc) is 2.20. The van der Waals surface area contributed by atoms with Gasteiger partial charge in [0.25, 0.3) is 0 Å². The summed E-state index contributed by atoms with van der Waals surface area (Å²) in [6.45, 7) is 1.53. The van der Waals surface area contributed by atoms with Crippen LogP contribution in [0.3, 0.4) is 0 Å². The van der Waals surface area contributed by atoms with Crippen molar-refractivity contribution in [1.82, 2.24) is 0 Å². The normalized spacial score (nSPS) is 49.8. The van der Waals surface area contributed by atoms with Crippen molar-refractivity contribution in [3.63, 3.8) is 0 Å². The summed E-state index contributed by atoms with van der Waals surface area (Å²) < 4.78 is 5.81. The predicted octanol–water partition coefficient (Wildman–Crippen LogP) is 1.06. The molecule has 0 spiro atoms. The molecule has 2 heterocycles. The second kappa shape index (κ2) is 2.34. The van der Waals surface area contributed by atoms with E-state index in [1.54, 1.807) is 0 Å². The molecule has 2 bridgehead atoms. The molecule has 2 aliphatic heterocycles. The molecular formula is C6H11BrClNO. The lowest BCUT2D eigenvalue weighted by Crippen LogP contribution is -2.49. The topological polar surface area (TPSA) is 35.2 Å². The molecule has 2 N–H and O–H groups in total. The lowest BCUT2D eigenvalue weighted by atomic mass is 9.74. The summed E-state index contributed by atoms with van der Waals surface area (Å²) in [4.78, 5) is 0. The zero-order valence-corrected chi connectivity index (χ0v) is 8.00. The molecule has 4 heteroatoms. The van der Waals surface area contributed by atoms with Crippen LogP contribution < -0.4 is 5.73 Å². The highest BCUT2D eigenvalue weighted by Crippen LogP contribution is 2.55. The Labute approximate surface area is 75.0 Å². The number of ether oxygens (including phenoxy) is 1. The molecule has 2 nitrogen and oxygen atoms in total. The minimum absolute atomic E-state index is 0. The lowest BCUT2D eigenvalue weighted by Gasteiger charge is -2.39. The van der Waals surface area contributed by atoms with Gasteiger partial charge in [0.2, 0.25) is 0 Å². The maximum absolute atomic E-state index is 5.52. The second-order valence-corrected chi connectivity index (χ2v) is 4.86. The Bertz CT molecular complexity index is 147. The quantitative estimate of drug-likeness (QED) is 0.681. The van der Waals surface area contributed by atoms with E-state index in [0.717, 1.165) is 19.4 Å². The maximum atomic E-state index is 5.52. The number of hydrogen-bond donors (Lipinski definition) is 1. The first-order valence-electron chi connectivity index (χ1n) is 3.21. The zero-order chi connectivity index (χ0) is 6.54. The summed E-state index contributed by atoms with van der Waals surface area (Å²) in [5, 5.41) is 0. The largest absolute Gasteiger partial charge is 0.372 e. The van der Waals surface area contributed by atoms with Gasteiger partial charge in [0, 0.05) is 6.54 Å². The van der Waals surface area contributed by atoms with Crippen LogP contribution in [0.5, 0.6) is 0 Å². The molecule has 0 unspecified atom stereocenters. The van der Waals surface area contributed by atoms with Crippen molar-refractivity contribution in [2.75, 3.05) is 13.2 Å². The molecule has 1 saturated carbocycles. The van der Waals surface area contributed by atoms with Crippen LogP contribution in [-0.4, -0.2) is 23.1 Å². The Kier molecular flexibility index (Phi) is 2.05. The van der Waals surface area contributed by atoms with E-state index in [1.165, 1.54) is 0 Å². The van der Waals surface area contributed by atoms with Gasteiger partial charge in [-0.05, 0) is 12.8 Å². The molecular weight excluding hydrogens is 217 g/mol. The van der Waals surface area contributed by atoms with E-state index < -0.39 is 0 Å². The fourth-order valence-corrected chi connectivity index (χ4v) is 2.93. The van der Waals surface area contributed by atoms with E-state index in [9.17, 15) is 0 Å². The summed E-state index contributed by atoms with van der Waals surface area (Å²) in [6.07, 6.45) is 2.22. The Morgan fingerprint density at radius 2 is 2.10 bits per heavy atom. The highest BCUT2D eigenvalue weighted by molar-refractivity contribution is 9.10. The first-order valence-corrected chi connectivity index (χ1v) is 4.00. The average molecular weight is 229 g/mol. The minimum Gasteiger partial charge on any atom is -0.372 e. The number of rotatable bonds is 1. The van der Waals surface area contributed by atoms with Gasteiger partial charge in [0.1, 0.15) is 0 Å². The van der Waals surface area contributed by atoms with E-state index in [0.29, 0.717) is 10.9 Å². The molecule has 10 heavy (non-hydrogen) atoms. The molecule has 2 saturated heterocycles. The van der Waals surface area contributed by atoms with Crippen LogP contribution in [0, 0.1) is 0 Å². The molecule has 60 valence electrons. The van der Waals surface area contributed by atoms with Gasteiger partial charge in [-0.3, -0.25) is 0 Å². The van der Waals surface area contributed by atoms with Crippen LogP contribution in [0.4, 0.5) is 0 Å². The van der Waals surface area contributed by atoms with Gasteiger partial charge in [-0.1, -0.05) is 15.9 Å². The molecule has 0 amide bonds. The van der Waals surface area contributed by atoms with Crippen molar-refractivity contribution in [3.8, 4) is 0 Å². The predicted molar refractivity (Wildman–Crippen MR) is 45.9 cm³/mol. The van der Waals surface area contributed by atoms with Crippen LogP contribution in [0.15, 0.2) is 0 Å². The van der Waals surface area contributed by atoms with E-state index in [-0.39, 0.29) is 18.0 Å². The Morgan fingerprint density at radius 3 is 2.30 bits per heavy atom. The summed E-state index contributed by atoms with van der Waals surface area (Å²) in [6, 6.07) is 0. The summed E-state index contributed by atoms with van der Waals surface area (Å²) in [7, 11) is 0. The molecule has 0 aromatic carbocycles. The third-order valence-corrected chi connectivity index (χ3v) is 3.08. The summed E-state index contributed by atoms with van der Waals surface area (Å²) in [5.74, 6) is 0. The van der Waals surface area contributed by atoms with Gasteiger partial charge in [-0.25, -0.2) is 0 Å². The molecule has 3 fully saturated rings. The fourth-order valence-electron chi connectivity index (χ4n) is 1.79. The molecule has 3 rings (SSSR count). The van der Waals surface area contributed by atoms with Gasteiger partial charge >= 0.3 is 0 Å². The molecule has 0 atom stereocenters. The van der Waals surface area contributed by atoms with Crippen molar-refractivity contribution in [2.45, 2.75) is 22.8 Å². The van der Waals surface area contributed by atoms with Crippen LogP contribution in [-0.2, 0) is 4.74 Å². The van der Waals surface area contributed by atoms with Crippen molar-refractivity contribution in [3.05, 3.63) is 0 Å². The highest BCUT2D eigenvalue weighted by atomic mass is 79.9. The molecule has 1 aliphatic carbocycles. The number of halogens is 2. The summed E-state index contributed by atoms with van der Waals surface area (Å²) >= 11 is 3.60. The van der Waals surface area contributed by atoms with Gasteiger partial charge in [-0.2, -0.15) is 0 Å². The number of fused-ring (bicyclic) bond motifs is 1. The van der Waals surface area contributed by atoms with Gasteiger partial charge in [-0.15, -0.1) is 12.4 Å². The minimum atomic E-state index is 0. The van der Waals surface area contributed by atoms with Gasteiger partial charge in [0.05, 0.1) is 16.5 Å². The van der Waals surface area contributed by atoms with Crippen LogP contribution in [0.2, 0.25) is 0 Å². The molecule has 0 aromatic heterocycles. The second-order valence-electron chi connectivity index (χ2n) is 3.18.